The Morgan fingerprint density at radius 2 is 2.47 bits per heavy atom. The van der Waals surface area contributed by atoms with Gasteiger partial charge in [-0.15, -0.1) is 0 Å². The summed E-state index contributed by atoms with van der Waals surface area (Å²) in [5.41, 5.74) is 7.01. The summed E-state index contributed by atoms with van der Waals surface area (Å²) in [7, 11) is 2.00. The van der Waals surface area contributed by atoms with Gasteiger partial charge in [-0.25, -0.2) is 0 Å². The van der Waals surface area contributed by atoms with Gasteiger partial charge in [0.2, 0.25) is 0 Å². The normalized spacial score (nSPS) is 23.2. The van der Waals surface area contributed by atoms with E-state index in [2.05, 4.69) is 16.1 Å². The summed E-state index contributed by atoms with van der Waals surface area (Å²) in [6.45, 7) is 4.16. The summed E-state index contributed by atoms with van der Waals surface area (Å²) in [5.74, 6) is 0.687. The Kier molecular flexibility index (Phi) is 3.38. The number of nitrogens with two attached hydrogens (primary N) is 1. The summed E-state index contributed by atoms with van der Waals surface area (Å²) >= 11 is 0. The van der Waals surface area contributed by atoms with E-state index in [1.54, 1.807) is 0 Å². The number of hydrogen-bond donors (Lipinski definition) is 1. The first-order valence-corrected chi connectivity index (χ1v) is 5.69. The van der Waals surface area contributed by atoms with E-state index in [-0.39, 0.29) is 0 Å². The topological polar surface area (TPSA) is 47.1 Å². The molecule has 2 N–H and O–H groups in total. The lowest BCUT2D eigenvalue weighted by molar-refractivity contribution is 0.167. The highest BCUT2D eigenvalue weighted by molar-refractivity contribution is 5.00. The second kappa shape index (κ2) is 4.77. The van der Waals surface area contributed by atoms with Gasteiger partial charge in [0.25, 0.3) is 0 Å². The number of hydrogen-bond acceptors (Lipinski definition) is 3. The minimum absolute atomic E-state index is 0.687. The Morgan fingerprint density at radius 1 is 1.60 bits per heavy atom. The van der Waals surface area contributed by atoms with E-state index >= 15 is 0 Å². The van der Waals surface area contributed by atoms with E-state index in [0.717, 1.165) is 19.6 Å². The van der Waals surface area contributed by atoms with Gasteiger partial charge in [0.15, 0.2) is 0 Å². The molecular formula is C11H20N4. The lowest BCUT2D eigenvalue weighted by Crippen LogP contribution is -2.38. The van der Waals surface area contributed by atoms with E-state index in [4.69, 9.17) is 5.73 Å². The highest BCUT2D eigenvalue weighted by Crippen LogP contribution is 2.17. The van der Waals surface area contributed by atoms with E-state index < -0.39 is 0 Å². The summed E-state index contributed by atoms with van der Waals surface area (Å²) in [5, 5.41) is 4.19. The van der Waals surface area contributed by atoms with Gasteiger partial charge in [0, 0.05) is 26.3 Å². The molecule has 0 amide bonds. The van der Waals surface area contributed by atoms with Crippen molar-refractivity contribution in [1.82, 2.24) is 14.7 Å². The standard InChI is InChI=1S/C11H20N4/c1-14-11(4-5-13-14)9-15-6-2-3-10(7-12)8-15/h4-5,10H,2-3,6-9,12H2,1H3. The van der Waals surface area contributed by atoms with Crippen molar-refractivity contribution in [3.63, 3.8) is 0 Å². The second-order valence-electron chi connectivity index (χ2n) is 4.43. The van der Waals surface area contributed by atoms with Crippen LogP contribution in [0.1, 0.15) is 18.5 Å². The molecule has 15 heavy (non-hydrogen) atoms. The van der Waals surface area contributed by atoms with Crippen LogP contribution in [0.5, 0.6) is 0 Å². The average Bonchev–Trinajstić information content (AvgIpc) is 2.65. The predicted molar refractivity (Wildman–Crippen MR) is 60.3 cm³/mol. The zero-order valence-electron chi connectivity index (χ0n) is 9.39. The van der Waals surface area contributed by atoms with Crippen LogP contribution in [0.4, 0.5) is 0 Å². The molecule has 2 heterocycles. The van der Waals surface area contributed by atoms with Crippen molar-refractivity contribution < 1.29 is 0 Å². The highest BCUT2D eigenvalue weighted by Gasteiger charge is 2.19. The molecular weight excluding hydrogens is 188 g/mol. The number of nitrogens with zero attached hydrogens (tertiary/aromatic N) is 3. The Labute approximate surface area is 91.1 Å². The third kappa shape index (κ3) is 2.58. The summed E-state index contributed by atoms with van der Waals surface area (Å²) in [4.78, 5) is 2.48. The van der Waals surface area contributed by atoms with Crippen molar-refractivity contribution >= 4 is 0 Å². The smallest absolute Gasteiger partial charge is 0.0521 e. The van der Waals surface area contributed by atoms with Gasteiger partial charge in [-0.2, -0.15) is 5.10 Å². The monoisotopic (exact) mass is 208 g/mol. The molecule has 0 bridgehead atoms. The number of piperidine rings is 1. The molecule has 1 aliphatic heterocycles. The third-order valence-corrected chi connectivity index (χ3v) is 3.24. The second-order valence-corrected chi connectivity index (χ2v) is 4.43. The molecule has 1 unspecified atom stereocenters. The molecule has 1 aromatic heterocycles. The quantitative estimate of drug-likeness (QED) is 0.791. The van der Waals surface area contributed by atoms with Crippen LogP contribution in [0.25, 0.3) is 0 Å². The van der Waals surface area contributed by atoms with Crippen LogP contribution in [0, 0.1) is 5.92 Å². The first kappa shape index (κ1) is 10.6. The molecule has 1 fully saturated rings. The summed E-state index contributed by atoms with van der Waals surface area (Å²) in [6, 6.07) is 2.09. The predicted octanol–water partition coefficient (Wildman–Crippen LogP) is 0.591. The molecule has 0 saturated carbocycles. The Bertz CT molecular complexity index is 307. The fourth-order valence-electron chi connectivity index (χ4n) is 2.27. The van der Waals surface area contributed by atoms with Crippen LogP contribution in [0.2, 0.25) is 0 Å². The van der Waals surface area contributed by atoms with Gasteiger partial charge in [0.05, 0.1) is 5.69 Å². The molecule has 1 atom stereocenters. The van der Waals surface area contributed by atoms with Gasteiger partial charge >= 0.3 is 0 Å². The molecule has 1 aliphatic rings. The zero-order chi connectivity index (χ0) is 10.7. The highest BCUT2D eigenvalue weighted by atomic mass is 15.3. The average molecular weight is 208 g/mol. The van der Waals surface area contributed by atoms with Gasteiger partial charge in [-0.1, -0.05) is 0 Å². The Balaban J connectivity index is 1.92. The number of rotatable bonds is 3. The van der Waals surface area contributed by atoms with Gasteiger partial charge in [-0.05, 0) is 37.9 Å². The van der Waals surface area contributed by atoms with Crippen LogP contribution in [-0.2, 0) is 13.6 Å². The van der Waals surface area contributed by atoms with Crippen LogP contribution < -0.4 is 5.73 Å². The summed E-state index contributed by atoms with van der Waals surface area (Å²) < 4.78 is 1.95. The molecule has 2 rings (SSSR count). The van der Waals surface area contributed by atoms with Gasteiger partial charge < -0.3 is 5.73 Å². The lowest BCUT2D eigenvalue weighted by Gasteiger charge is -2.31. The Hall–Kier alpha value is -0.870. The number of likely N-dealkylation sites (tertiary alicyclic amines) is 1. The maximum atomic E-state index is 5.72. The molecule has 1 saturated heterocycles. The maximum absolute atomic E-state index is 5.72. The van der Waals surface area contributed by atoms with Crippen LogP contribution in [-0.4, -0.2) is 34.3 Å². The fraction of sp³-hybridized carbons (Fsp3) is 0.727. The molecule has 0 aromatic carbocycles. The third-order valence-electron chi connectivity index (χ3n) is 3.24. The van der Waals surface area contributed by atoms with Crippen molar-refractivity contribution in [3.8, 4) is 0 Å². The first-order chi connectivity index (χ1) is 7.29. The minimum Gasteiger partial charge on any atom is -0.330 e. The van der Waals surface area contributed by atoms with Crippen LogP contribution in [0.3, 0.4) is 0 Å². The largest absolute Gasteiger partial charge is 0.330 e. The molecule has 0 spiro atoms. The van der Waals surface area contributed by atoms with Crippen molar-refractivity contribution in [2.45, 2.75) is 19.4 Å². The van der Waals surface area contributed by atoms with Gasteiger partial charge in [0.1, 0.15) is 0 Å². The number of aromatic nitrogens is 2. The van der Waals surface area contributed by atoms with E-state index in [9.17, 15) is 0 Å². The summed E-state index contributed by atoms with van der Waals surface area (Å²) in [6.07, 6.45) is 4.43. The van der Waals surface area contributed by atoms with E-state index in [1.165, 1.54) is 25.1 Å². The van der Waals surface area contributed by atoms with Crippen molar-refractivity contribution in [1.29, 1.82) is 0 Å². The van der Waals surface area contributed by atoms with E-state index in [0.29, 0.717) is 5.92 Å². The molecule has 0 aliphatic carbocycles. The zero-order valence-corrected chi connectivity index (χ0v) is 9.39. The van der Waals surface area contributed by atoms with Gasteiger partial charge in [-0.3, -0.25) is 9.58 Å². The molecule has 0 radical (unpaired) electrons. The fourth-order valence-corrected chi connectivity index (χ4v) is 2.27. The van der Waals surface area contributed by atoms with Crippen LogP contribution >= 0.6 is 0 Å². The Morgan fingerprint density at radius 3 is 3.13 bits per heavy atom. The number of aryl methyl sites for hydroxylation is 1. The maximum Gasteiger partial charge on any atom is 0.0521 e. The molecule has 84 valence electrons. The first-order valence-electron chi connectivity index (χ1n) is 5.69. The molecule has 1 aromatic rings. The van der Waals surface area contributed by atoms with E-state index in [1.807, 2.05) is 17.9 Å². The minimum atomic E-state index is 0.687. The molecule has 4 heteroatoms. The SMILES string of the molecule is Cn1nccc1CN1CCCC(CN)C1. The van der Waals surface area contributed by atoms with Crippen molar-refractivity contribution in [2.75, 3.05) is 19.6 Å². The van der Waals surface area contributed by atoms with Crippen molar-refractivity contribution in [3.05, 3.63) is 18.0 Å². The lowest BCUT2D eigenvalue weighted by atomic mass is 9.98. The molecule has 4 nitrogen and oxygen atoms in total. The van der Waals surface area contributed by atoms with Crippen LogP contribution in [0.15, 0.2) is 12.3 Å². The van der Waals surface area contributed by atoms with Crippen molar-refractivity contribution in [2.24, 2.45) is 18.7 Å².